The first-order valence-electron chi connectivity index (χ1n) is 7.89. The van der Waals surface area contributed by atoms with Gasteiger partial charge >= 0.3 is 6.09 Å². The maximum atomic E-state index is 13.2. The minimum absolute atomic E-state index is 0.0184. The molecular weight excluding hydrogens is 302 g/mol. The molecule has 0 spiro atoms. The molecule has 6 heteroatoms. The van der Waals surface area contributed by atoms with Gasteiger partial charge in [-0.1, -0.05) is 6.07 Å². The summed E-state index contributed by atoms with van der Waals surface area (Å²) in [7, 11) is 0. The number of rotatable bonds is 6. The van der Waals surface area contributed by atoms with E-state index in [9.17, 15) is 13.6 Å². The van der Waals surface area contributed by atoms with E-state index in [2.05, 4.69) is 10.6 Å². The van der Waals surface area contributed by atoms with Crippen molar-refractivity contribution in [3.05, 3.63) is 35.4 Å². The van der Waals surface area contributed by atoms with Gasteiger partial charge in [-0.25, -0.2) is 13.6 Å². The Morgan fingerprint density at radius 2 is 2.00 bits per heavy atom. The van der Waals surface area contributed by atoms with Crippen molar-refractivity contribution in [1.29, 1.82) is 0 Å². The second-order valence-electron chi connectivity index (χ2n) is 6.97. The van der Waals surface area contributed by atoms with E-state index in [-0.39, 0.29) is 6.04 Å². The van der Waals surface area contributed by atoms with Gasteiger partial charge in [-0.15, -0.1) is 0 Å². The monoisotopic (exact) mass is 326 g/mol. The maximum absolute atomic E-state index is 13.2. The Kier molecular flexibility index (Phi) is 5.57. The summed E-state index contributed by atoms with van der Waals surface area (Å²) < 4.78 is 31.3. The van der Waals surface area contributed by atoms with Gasteiger partial charge in [0, 0.05) is 19.1 Å². The Hall–Kier alpha value is -1.69. The first kappa shape index (κ1) is 17.7. The van der Waals surface area contributed by atoms with Crippen LogP contribution in [0.4, 0.5) is 13.6 Å². The third-order valence-electron chi connectivity index (χ3n) is 3.57. The average Bonchev–Trinajstić information content (AvgIpc) is 3.24. The molecule has 1 amide bonds. The fourth-order valence-electron chi connectivity index (χ4n) is 2.31. The number of ether oxygens (including phenoxy) is 1. The van der Waals surface area contributed by atoms with E-state index < -0.39 is 23.3 Å². The van der Waals surface area contributed by atoms with Crippen LogP contribution in [0.2, 0.25) is 0 Å². The van der Waals surface area contributed by atoms with Crippen LogP contribution in [0, 0.1) is 17.6 Å². The van der Waals surface area contributed by atoms with Crippen molar-refractivity contribution < 1.29 is 18.3 Å². The predicted molar refractivity (Wildman–Crippen MR) is 83.9 cm³/mol. The number of alkyl carbamates (subject to hydrolysis) is 1. The lowest BCUT2D eigenvalue weighted by molar-refractivity contribution is 0.0497. The van der Waals surface area contributed by atoms with Gasteiger partial charge in [0.25, 0.3) is 0 Å². The lowest BCUT2D eigenvalue weighted by Gasteiger charge is -2.24. The molecule has 2 rings (SSSR count). The summed E-state index contributed by atoms with van der Waals surface area (Å²) in [5.41, 5.74) is 0.132. The van der Waals surface area contributed by atoms with Crippen molar-refractivity contribution >= 4 is 6.09 Å². The Labute approximate surface area is 135 Å². The van der Waals surface area contributed by atoms with Crippen molar-refractivity contribution in [2.75, 3.05) is 6.54 Å². The summed E-state index contributed by atoms with van der Waals surface area (Å²) in [6.07, 6.45) is 1.73. The molecule has 0 aromatic heterocycles. The standard InChI is InChI=1S/C17H24F2N2O2/c1-17(2,3)23-16(22)21-15(12-5-6-12)10-20-9-11-4-7-13(18)14(19)8-11/h4,7-8,12,15,20H,5-6,9-10H2,1-3H3,(H,21,22). The fraction of sp³-hybridized carbons (Fsp3) is 0.588. The number of hydrogen-bond acceptors (Lipinski definition) is 3. The fourth-order valence-corrected chi connectivity index (χ4v) is 2.31. The van der Waals surface area contributed by atoms with Crippen molar-refractivity contribution in [2.45, 2.75) is 51.8 Å². The van der Waals surface area contributed by atoms with Crippen LogP contribution in [-0.2, 0) is 11.3 Å². The molecule has 1 aliphatic rings. The molecule has 1 aromatic carbocycles. The minimum Gasteiger partial charge on any atom is -0.444 e. The van der Waals surface area contributed by atoms with Crippen LogP contribution >= 0.6 is 0 Å². The Morgan fingerprint density at radius 1 is 1.30 bits per heavy atom. The summed E-state index contributed by atoms with van der Waals surface area (Å²) >= 11 is 0. The van der Waals surface area contributed by atoms with Gasteiger partial charge < -0.3 is 15.4 Å². The third kappa shape index (κ3) is 6.14. The third-order valence-corrected chi connectivity index (χ3v) is 3.57. The number of hydrogen-bond donors (Lipinski definition) is 2. The summed E-state index contributed by atoms with van der Waals surface area (Å²) in [6, 6.07) is 3.81. The number of halogens is 2. The lowest BCUT2D eigenvalue weighted by Crippen LogP contribution is -2.45. The van der Waals surface area contributed by atoms with Gasteiger partial charge in [-0.05, 0) is 57.2 Å². The topological polar surface area (TPSA) is 50.4 Å². The summed E-state index contributed by atoms with van der Waals surface area (Å²) in [5.74, 6) is -1.26. The van der Waals surface area contributed by atoms with Crippen LogP contribution in [0.5, 0.6) is 0 Å². The average molecular weight is 326 g/mol. The molecule has 1 fully saturated rings. The molecule has 1 atom stereocenters. The number of carbonyl (C=O) groups excluding carboxylic acids is 1. The molecule has 0 heterocycles. The van der Waals surface area contributed by atoms with E-state index >= 15 is 0 Å². The second kappa shape index (κ2) is 7.25. The molecule has 0 bridgehead atoms. The van der Waals surface area contributed by atoms with Crippen molar-refractivity contribution in [1.82, 2.24) is 10.6 Å². The second-order valence-corrected chi connectivity index (χ2v) is 6.97. The van der Waals surface area contributed by atoms with Crippen molar-refractivity contribution in [3.8, 4) is 0 Å². The van der Waals surface area contributed by atoms with E-state index in [0.717, 1.165) is 18.9 Å². The Morgan fingerprint density at radius 3 is 2.57 bits per heavy atom. The predicted octanol–water partition coefficient (Wildman–Crippen LogP) is 3.36. The minimum atomic E-state index is -0.852. The SMILES string of the molecule is CC(C)(C)OC(=O)NC(CNCc1ccc(F)c(F)c1)C1CC1. The number of carbonyl (C=O) groups is 1. The van der Waals surface area contributed by atoms with Crippen LogP contribution in [0.3, 0.4) is 0 Å². The molecule has 0 saturated heterocycles. The Bertz CT molecular complexity index is 554. The highest BCUT2D eigenvalue weighted by molar-refractivity contribution is 5.68. The molecule has 1 saturated carbocycles. The molecule has 128 valence electrons. The van der Waals surface area contributed by atoms with Crippen LogP contribution in [0.1, 0.15) is 39.2 Å². The highest BCUT2D eigenvalue weighted by Gasteiger charge is 2.33. The number of benzene rings is 1. The van der Waals surface area contributed by atoms with Crippen LogP contribution in [0.15, 0.2) is 18.2 Å². The molecule has 0 radical (unpaired) electrons. The quantitative estimate of drug-likeness (QED) is 0.843. The highest BCUT2D eigenvalue weighted by Crippen LogP contribution is 2.32. The molecule has 2 N–H and O–H groups in total. The van der Waals surface area contributed by atoms with Crippen LogP contribution in [-0.4, -0.2) is 24.3 Å². The number of nitrogens with one attached hydrogen (secondary N) is 2. The first-order chi connectivity index (χ1) is 10.7. The molecule has 1 unspecified atom stereocenters. The summed E-state index contributed by atoms with van der Waals surface area (Å²) in [4.78, 5) is 11.9. The molecule has 0 aliphatic heterocycles. The lowest BCUT2D eigenvalue weighted by atomic mass is 10.1. The van der Waals surface area contributed by atoms with E-state index in [1.54, 1.807) is 6.07 Å². The van der Waals surface area contributed by atoms with Gasteiger partial charge in [0.15, 0.2) is 11.6 Å². The molecular formula is C17H24F2N2O2. The van der Waals surface area contributed by atoms with Gasteiger partial charge in [-0.2, -0.15) is 0 Å². The van der Waals surface area contributed by atoms with Gasteiger partial charge in [0.2, 0.25) is 0 Å². The van der Waals surface area contributed by atoms with Crippen molar-refractivity contribution in [2.24, 2.45) is 5.92 Å². The van der Waals surface area contributed by atoms with E-state index in [1.165, 1.54) is 6.07 Å². The van der Waals surface area contributed by atoms with Crippen LogP contribution < -0.4 is 10.6 Å². The number of amides is 1. The Balaban J connectivity index is 1.81. The highest BCUT2D eigenvalue weighted by atomic mass is 19.2. The molecule has 1 aromatic rings. The molecule has 23 heavy (non-hydrogen) atoms. The van der Waals surface area contributed by atoms with Gasteiger partial charge in [0.05, 0.1) is 0 Å². The van der Waals surface area contributed by atoms with Gasteiger partial charge in [-0.3, -0.25) is 0 Å². The van der Waals surface area contributed by atoms with Gasteiger partial charge in [0.1, 0.15) is 5.60 Å². The van der Waals surface area contributed by atoms with Crippen LogP contribution in [0.25, 0.3) is 0 Å². The molecule has 4 nitrogen and oxygen atoms in total. The normalized spacial score (nSPS) is 16.0. The van der Waals surface area contributed by atoms with Crippen molar-refractivity contribution in [3.63, 3.8) is 0 Å². The van der Waals surface area contributed by atoms with E-state index in [1.807, 2.05) is 20.8 Å². The largest absolute Gasteiger partial charge is 0.444 e. The summed E-state index contributed by atoms with van der Waals surface area (Å²) in [6.45, 7) is 6.43. The smallest absolute Gasteiger partial charge is 0.407 e. The zero-order valence-electron chi connectivity index (χ0n) is 13.8. The maximum Gasteiger partial charge on any atom is 0.407 e. The first-order valence-corrected chi connectivity index (χ1v) is 7.89. The summed E-state index contributed by atoms with van der Waals surface area (Å²) in [5, 5.41) is 6.06. The zero-order chi connectivity index (χ0) is 17.0. The zero-order valence-corrected chi connectivity index (χ0v) is 13.8. The molecule has 1 aliphatic carbocycles. The van der Waals surface area contributed by atoms with E-state index in [4.69, 9.17) is 4.74 Å². The van der Waals surface area contributed by atoms with E-state index in [0.29, 0.717) is 24.6 Å².